The monoisotopic (exact) mass is 457 g/mol. The standard InChI is InChI=1S/C28H31N3O3/c1-19-16-26(29)25-17-24(12-13-27(25)31(19)20(2)32)23-10-8-22(9-11-23)18-30(28(33)34)15-14-21-6-4-3-5-7-21/h3-13,17,19,26H,14-16,18,29H2,1-2H3,(H,33,34)/t19-,26+/m0/s1. The van der Waals surface area contributed by atoms with E-state index in [1.54, 1.807) is 6.92 Å². The van der Waals surface area contributed by atoms with Crippen LogP contribution < -0.4 is 10.6 Å². The minimum absolute atomic E-state index is 0.0213. The fourth-order valence-electron chi connectivity index (χ4n) is 4.74. The van der Waals surface area contributed by atoms with Crippen molar-refractivity contribution >= 4 is 17.7 Å². The lowest BCUT2D eigenvalue weighted by Crippen LogP contribution is -2.43. The van der Waals surface area contributed by atoms with E-state index in [1.807, 2.05) is 78.6 Å². The molecule has 1 heterocycles. The molecule has 34 heavy (non-hydrogen) atoms. The Bertz CT molecular complexity index is 1160. The summed E-state index contributed by atoms with van der Waals surface area (Å²) in [6.07, 6.45) is 0.479. The molecule has 6 heteroatoms. The molecule has 2 atom stereocenters. The molecule has 3 aromatic carbocycles. The SMILES string of the molecule is CC(=O)N1c2ccc(-c3ccc(CN(CCc4ccccc4)C(=O)O)cc3)cc2[C@H](N)C[C@@H]1C. The largest absolute Gasteiger partial charge is 0.465 e. The van der Waals surface area contributed by atoms with Crippen molar-refractivity contribution < 1.29 is 14.7 Å². The summed E-state index contributed by atoms with van der Waals surface area (Å²) in [6.45, 7) is 4.39. The van der Waals surface area contributed by atoms with E-state index in [0.29, 0.717) is 19.5 Å². The number of fused-ring (bicyclic) bond motifs is 1. The van der Waals surface area contributed by atoms with Crippen molar-refractivity contribution in [2.75, 3.05) is 11.4 Å². The first-order chi connectivity index (χ1) is 16.3. The van der Waals surface area contributed by atoms with Crippen LogP contribution in [0.4, 0.5) is 10.5 Å². The summed E-state index contributed by atoms with van der Waals surface area (Å²) in [5.41, 5.74) is 12.4. The van der Waals surface area contributed by atoms with Crippen LogP contribution in [0.2, 0.25) is 0 Å². The minimum Gasteiger partial charge on any atom is -0.465 e. The van der Waals surface area contributed by atoms with Crippen LogP contribution in [-0.4, -0.2) is 34.6 Å². The number of carbonyl (C=O) groups excluding carboxylic acids is 1. The van der Waals surface area contributed by atoms with E-state index < -0.39 is 6.09 Å². The lowest BCUT2D eigenvalue weighted by Gasteiger charge is -2.38. The normalized spacial score (nSPS) is 17.2. The fraction of sp³-hybridized carbons (Fsp3) is 0.286. The molecule has 0 saturated heterocycles. The zero-order chi connectivity index (χ0) is 24.2. The molecule has 3 N–H and O–H groups in total. The van der Waals surface area contributed by atoms with E-state index in [4.69, 9.17) is 5.73 Å². The molecule has 3 aromatic rings. The number of amides is 2. The van der Waals surface area contributed by atoms with Crippen LogP contribution in [0.3, 0.4) is 0 Å². The van der Waals surface area contributed by atoms with Gasteiger partial charge in [0.2, 0.25) is 5.91 Å². The van der Waals surface area contributed by atoms with Gasteiger partial charge in [-0.1, -0.05) is 60.7 Å². The average molecular weight is 458 g/mol. The molecule has 0 aromatic heterocycles. The summed E-state index contributed by atoms with van der Waals surface area (Å²) in [7, 11) is 0. The quantitative estimate of drug-likeness (QED) is 0.531. The third-order valence-corrected chi connectivity index (χ3v) is 6.51. The molecule has 6 nitrogen and oxygen atoms in total. The van der Waals surface area contributed by atoms with E-state index in [-0.39, 0.29) is 18.0 Å². The summed E-state index contributed by atoms with van der Waals surface area (Å²) >= 11 is 0. The summed E-state index contributed by atoms with van der Waals surface area (Å²) in [4.78, 5) is 27.2. The Morgan fingerprint density at radius 2 is 1.68 bits per heavy atom. The molecule has 176 valence electrons. The van der Waals surface area contributed by atoms with Crippen molar-refractivity contribution in [3.8, 4) is 11.1 Å². The Morgan fingerprint density at radius 3 is 2.32 bits per heavy atom. The van der Waals surface area contributed by atoms with Gasteiger partial charge in [-0.05, 0) is 59.7 Å². The highest BCUT2D eigenvalue weighted by Gasteiger charge is 2.30. The van der Waals surface area contributed by atoms with Crippen LogP contribution in [0.5, 0.6) is 0 Å². The van der Waals surface area contributed by atoms with E-state index in [9.17, 15) is 14.7 Å². The van der Waals surface area contributed by atoms with E-state index >= 15 is 0 Å². The van der Waals surface area contributed by atoms with Crippen LogP contribution in [0.25, 0.3) is 11.1 Å². The number of carboxylic acid groups (broad SMARTS) is 1. The van der Waals surface area contributed by atoms with Gasteiger partial charge in [-0.15, -0.1) is 0 Å². The highest BCUT2D eigenvalue weighted by molar-refractivity contribution is 5.94. The Labute approximate surface area is 200 Å². The molecular weight excluding hydrogens is 426 g/mol. The first-order valence-corrected chi connectivity index (χ1v) is 11.6. The minimum atomic E-state index is -0.923. The second-order valence-corrected chi connectivity index (χ2v) is 8.99. The predicted molar refractivity (Wildman–Crippen MR) is 135 cm³/mol. The maximum Gasteiger partial charge on any atom is 0.407 e. The summed E-state index contributed by atoms with van der Waals surface area (Å²) in [5, 5.41) is 9.65. The Morgan fingerprint density at radius 1 is 1.00 bits per heavy atom. The average Bonchev–Trinajstić information content (AvgIpc) is 2.82. The number of carbonyl (C=O) groups is 2. The predicted octanol–water partition coefficient (Wildman–Crippen LogP) is 5.22. The van der Waals surface area contributed by atoms with Crippen LogP contribution >= 0.6 is 0 Å². The molecule has 4 rings (SSSR count). The van der Waals surface area contributed by atoms with Crippen molar-refractivity contribution in [1.82, 2.24) is 4.90 Å². The number of nitrogens with zero attached hydrogens (tertiary/aromatic N) is 2. The molecule has 0 aliphatic carbocycles. The Hall–Kier alpha value is -3.64. The number of hydrogen-bond acceptors (Lipinski definition) is 3. The molecule has 0 fully saturated rings. The first kappa shape index (κ1) is 23.5. The van der Waals surface area contributed by atoms with Crippen molar-refractivity contribution in [2.45, 2.75) is 45.3 Å². The van der Waals surface area contributed by atoms with Gasteiger partial charge in [0.15, 0.2) is 0 Å². The Balaban J connectivity index is 1.49. The van der Waals surface area contributed by atoms with Crippen LogP contribution in [-0.2, 0) is 17.8 Å². The van der Waals surface area contributed by atoms with Crippen LogP contribution in [0.1, 0.15) is 43.0 Å². The van der Waals surface area contributed by atoms with Crippen molar-refractivity contribution in [3.05, 3.63) is 89.5 Å². The van der Waals surface area contributed by atoms with Gasteiger partial charge < -0.3 is 20.6 Å². The van der Waals surface area contributed by atoms with Gasteiger partial charge in [0.25, 0.3) is 0 Å². The third-order valence-electron chi connectivity index (χ3n) is 6.51. The maximum atomic E-state index is 12.2. The molecule has 0 unspecified atom stereocenters. The van der Waals surface area contributed by atoms with Gasteiger partial charge in [-0.3, -0.25) is 4.79 Å². The van der Waals surface area contributed by atoms with E-state index in [2.05, 4.69) is 6.07 Å². The second-order valence-electron chi connectivity index (χ2n) is 8.99. The van der Waals surface area contributed by atoms with Crippen LogP contribution in [0, 0.1) is 0 Å². The number of benzene rings is 3. The van der Waals surface area contributed by atoms with Crippen molar-refractivity contribution in [3.63, 3.8) is 0 Å². The number of nitrogens with two attached hydrogens (primary N) is 1. The third kappa shape index (κ3) is 5.13. The van der Waals surface area contributed by atoms with Crippen molar-refractivity contribution in [2.24, 2.45) is 5.73 Å². The molecule has 1 aliphatic heterocycles. The molecule has 0 bridgehead atoms. The number of rotatable bonds is 6. The zero-order valence-corrected chi connectivity index (χ0v) is 19.6. The topological polar surface area (TPSA) is 86.9 Å². The van der Waals surface area contributed by atoms with Crippen molar-refractivity contribution in [1.29, 1.82) is 0 Å². The molecule has 0 saturated carbocycles. The lowest BCUT2D eigenvalue weighted by molar-refractivity contribution is -0.117. The molecule has 0 radical (unpaired) electrons. The summed E-state index contributed by atoms with van der Waals surface area (Å²) < 4.78 is 0. The smallest absolute Gasteiger partial charge is 0.407 e. The lowest BCUT2D eigenvalue weighted by atomic mass is 9.89. The highest BCUT2D eigenvalue weighted by Crippen LogP contribution is 2.38. The fourth-order valence-corrected chi connectivity index (χ4v) is 4.74. The van der Waals surface area contributed by atoms with Gasteiger partial charge in [-0.2, -0.15) is 0 Å². The van der Waals surface area contributed by atoms with Gasteiger partial charge >= 0.3 is 6.09 Å². The zero-order valence-electron chi connectivity index (χ0n) is 19.6. The molecule has 2 amide bonds. The number of hydrogen-bond donors (Lipinski definition) is 2. The van der Waals surface area contributed by atoms with E-state index in [1.165, 1.54) is 4.90 Å². The highest BCUT2D eigenvalue weighted by atomic mass is 16.4. The number of anilines is 1. The second kappa shape index (κ2) is 10.1. The molecule has 0 spiro atoms. The Kier molecular flexibility index (Phi) is 6.98. The molecular formula is C28H31N3O3. The van der Waals surface area contributed by atoms with E-state index in [0.717, 1.165) is 39.9 Å². The van der Waals surface area contributed by atoms with Gasteiger partial charge in [-0.25, -0.2) is 4.79 Å². The maximum absolute atomic E-state index is 12.2. The van der Waals surface area contributed by atoms with Gasteiger partial charge in [0, 0.05) is 37.8 Å². The van der Waals surface area contributed by atoms with Crippen LogP contribution in [0.15, 0.2) is 72.8 Å². The first-order valence-electron chi connectivity index (χ1n) is 11.6. The summed E-state index contributed by atoms with van der Waals surface area (Å²) in [6, 6.07) is 23.9. The van der Waals surface area contributed by atoms with Gasteiger partial charge in [0.1, 0.15) is 0 Å². The molecule has 1 aliphatic rings. The summed E-state index contributed by atoms with van der Waals surface area (Å²) in [5.74, 6) is 0.0213. The van der Waals surface area contributed by atoms with Gasteiger partial charge in [0.05, 0.1) is 0 Å².